The van der Waals surface area contributed by atoms with Crippen LogP contribution in [0.3, 0.4) is 0 Å². The number of nitrogens with zero attached hydrogens (tertiary/aromatic N) is 2. The van der Waals surface area contributed by atoms with Gasteiger partial charge in [-0.2, -0.15) is 0 Å². The summed E-state index contributed by atoms with van der Waals surface area (Å²) in [5, 5.41) is 0. The maximum atomic E-state index is 12.9. The smallest absolute Gasteiger partial charge is 0.248 e. The Morgan fingerprint density at radius 1 is 1.23 bits per heavy atom. The second-order valence-corrected chi connectivity index (χ2v) is 8.14. The average molecular weight is 358 g/mol. The van der Waals surface area contributed by atoms with Crippen LogP contribution in [0.5, 0.6) is 5.75 Å². The molecule has 5 nitrogen and oxygen atoms in total. The molecule has 5 heteroatoms. The molecule has 1 aromatic carbocycles. The van der Waals surface area contributed by atoms with Crippen LogP contribution in [0.2, 0.25) is 0 Å². The Morgan fingerprint density at radius 2 is 2.00 bits per heavy atom. The van der Waals surface area contributed by atoms with Crippen molar-refractivity contribution in [3.8, 4) is 5.75 Å². The van der Waals surface area contributed by atoms with Crippen LogP contribution in [0.1, 0.15) is 38.2 Å². The van der Waals surface area contributed by atoms with E-state index >= 15 is 0 Å². The summed E-state index contributed by atoms with van der Waals surface area (Å²) in [6.07, 6.45) is 2.50. The van der Waals surface area contributed by atoms with Gasteiger partial charge in [-0.05, 0) is 63.4 Å². The van der Waals surface area contributed by atoms with Gasteiger partial charge in [-0.1, -0.05) is 12.1 Å². The molecule has 0 aliphatic carbocycles. The summed E-state index contributed by atoms with van der Waals surface area (Å²) < 4.78 is 11.1. The first kappa shape index (κ1) is 17.8. The number of amides is 1. The Morgan fingerprint density at radius 3 is 2.69 bits per heavy atom. The zero-order chi connectivity index (χ0) is 18.3. The van der Waals surface area contributed by atoms with Gasteiger partial charge in [0.2, 0.25) is 5.91 Å². The van der Waals surface area contributed by atoms with E-state index in [1.165, 1.54) is 18.4 Å². The molecule has 26 heavy (non-hydrogen) atoms. The first-order valence-electron chi connectivity index (χ1n) is 9.87. The summed E-state index contributed by atoms with van der Waals surface area (Å²) in [6, 6.07) is 9.14. The van der Waals surface area contributed by atoms with Crippen molar-refractivity contribution < 1.29 is 14.3 Å². The molecule has 2 bridgehead atoms. The molecule has 4 heterocycles. The molecule has 0 N–H and O–H groups in total. The van der Waals surface area contributed by atoms with Gasteiger partial charge >= 0.3 is 0 Å². The van der Waals surface area contributed by atoms with Gasteiger partial charge in [0.15, 0.2) is 0 Å². The number of rotatable bonds is 5. The monoisotopic (exact) mass is 358 g/mol. The quantitative estimate of drug-likeness (QED) is 0.811. The molecule has 0 unspecified atom stereocenters. The lowest BCUT2D eigenvalue weighted by molar-refractivity contribution is -0.142. The molecule has 4 aliphatic rings. The van der Waals surface area contributed by atoms with E-state index in [1.807, 2.05) is 19.9 Å². The third-order valence-corrected chi connectivity index (χ3v) is 6.38. The molecule has 3 atom stereocenters. The number of piperidine rings is 3. The predicted octanol–water partition coefficient (Wildman–Crippen LogP) is 2.51. The van der Waals surface area contributed by atoms with Crippen LogP contribution in [-0.2, 0) is 9.53 Å². The molecule has 1 aromatic rings. The Bertz CT molecular complexity index is 654. The number of benzene rings is 1. The summed E-state index contributed by atoms with van der Waals surface area (Å²) >= 11 is 0. The number of hydrogen-bond donors (Lipinski definition) is 0. The van der Waals surface area contributed by atoms with Crippen LogP contribution in [0.25, 0.3) is 0 Å². The topological polar surface area (TPSA) is 42.0 Å². The van der Waals surface area contributed by atoms with Crippen LogP contribution in [0, 0.1) is 5.92 Å². The van der Waals surface area contributed by atoms with Crippen LogP contribution < -0.4 is 4.74 Å². The minimum absolute atomic E-state index is 0.0816. The van der Waals surface area contributed by atoms with Gasteiger partial charge in [-0.15, -0.1) is 0 Å². The molecule has 142 valence electrons. The van der Waals surface area contributed by atoms with E-state index in [4.69, 9.17) is 9.47 Å². The summed E-state index contributed by atoms with van der Waals surface area (Å²) in [6.45, 7) is 7.27. The molecule has 1 amide bonds. The molecule has 5 rings (SSSR count). The number of methoxy groups -OCH3 is 1. The fourth-order valence-electron chi connectivity index (χ4n) is 5.19. The summed E-state index contributed by atoms with van der Waals surface area (Å²) in [7, 11) is 1.71. The molecule has 4 aliphatic heterocycles. The molecular formula is C21H30N2O3. The van der Waals surface area contributed by atoms with Crippen molar-refractivity contribution >= 4 is 5.91 Å². The highest BCUT2D eigenvalue weighted by molar-refractivity contribution is 5.78. The van der Waals surface area contributed by atoms with Crippen LogP contribution in [-0.4, -0.2) is 67.2 Å². The largest absolute Gasteiger partial charge is 0.497 e. The number of carbonyl (C=O) groups excluding carboxylic acids is 1. The lowest BCUT2D eigenvalue weighted by Gasteiger charge is -2.51. The lowest BCUT2D eigenvalue weighted by atomic mass is 9.75. The number of hydrogen-bond acceptors (Lipinski definition) is 4. The Kier molecular flexibility index (Phi) is 4.93. The second kappa shape index (κ2) is 7.20. The van der Waals surface area contributed by atoms with Gasteiger partial charge in [0.1, 0.15) is 12.4 Å². The van der Waals surface area contributed by atoms with E-state index in [2.05, 4.69) is 28.0 Å². The molecule has 4 fully saturated rings. The number of likely N-dealkylation sites (tertiary alicyclic amines) is 1. The van der Waals surface area contributed by atoms with Gasteiger partial charge < -0.3 is 14.4 Å². The average Bonchev–Trinajstić information content (AvgIpc) is 3.10. The van der Waals surface area contributed by atoms with Gasteiger partial charge in [-0.25, -0.2) is 0 Å². The molecular weight excluding hydrogens is 328 g/mol. The normalized spacial score (nSPS) is 32.8. The summed E-state index contributed by atoms with van der Waals surface area (Å²) in [4.78, 5) is 17.7. The zero-order valence-corrected chi connectivity index (χ0v) is 16.1. The maximum Gasteiger partial charge on any atom is 0.248 e. The third-order valence-electron chi connectivity index (χ3n) is 6.38. The number of carbonyl (C=O) groups is 1. The van der Waals surface area contributed by atoms with E-state index in [9.17, 15) is 4.79 Å². The van der Waals surface area contributed by atoms with Crippen LogP contribution >= 0.6 is 0 Å². The van der Waals surface area contributed by atoms with Gasteiger partial charge in [0.25, 0.3) is 0 Å². The summed E-state index contributed by atoms with van der Waals surface area (Å²) in [5.74, 6) is 2.01. The zero-order valence-electron chi connectivity index (χ0n) is 16.1. The lowest BCUT2D eigenvalue weighted by Crippen LogP contribution is -2.61. The highest BCUT2D eigenvalue weighted by atomic mass is 16.5. The van der Waals surface area contributed by atoms with E-state index in [0.29, 0.717) is 23.9 Å². The highest BCUT2D eigenvalue weighted by Crippen LogP contribution is 2.46. The van der Waals surface area contributed by atoms with Crippen molar-refractivity contribution in [1.29, 1.82) is 0 Å². The standard InChI is InChI=1S/C21H30N2O3/c1-14(2)26-13-19(24)23-12-18(16-5-4-6-17(11-16)25-3)21-20(23)15-7-9-22(21)10-8-15/h4-6,11,14-15,18,20-21H,7-10,12-13H2,1-3H3/t18-,20-,21-/m1/s1. The van der Waals surface area contributed by atoms with Crippen molar-refractivity contribution in [3.05, 3.63) is 29.8 Å². The fourth-order valence-corrected chi connectivity index (χ4v) is 5.19. The van der Waals surface area contributed by atoms with E-state index in [-0.39, 0.29) is 18.6 Å². The Labute approximate surface area is 156 Å². The molecule has 0 radical (unpaired) electrons. The Balaban J connectivity index is 1.62. The van der Waals surface area contributed by atoms with Crippen molar-refractivity contribution in [3.63, 3.8) is 0 Å². The summed E-state index contributed by atoms with van der Waals surface area (Å²) in [5.41, 5.74) is 1.28. The SMILES string of the molecule is COc1cccc([C@H]2CN(C(=O)COC(C)C)[C@@H]3C4CCN(CC4)[C@H]23)c1. The van der Waals surface area contributed by atoms with E-state index in [1.54, 1.807) is 7.11 Å². The van der Waals surface area contributed by atoms with Crippen LogP contribution in [0.15, 0.2) is 24.3 Å². The molecule has 0 spiro atoms. The van der Waals surface area contributed by atoms with Crippen molar-refractivity contribution in [1.82, 2.24) is 9.80 Å². The highest BCUT2D eigenvalue weighted by Gasteiger charge is 2.54. The van der Waals surface area contributed by atoms with Crippen molar-refractivity contribution in [2.45, 2.75) is 50.8 Å². The van der Waals surface area contributed by atoms with Crippen molar-refractivity contribution in [2.24, 2.45) is 5.92 Å². The minimum atomic E-state index is 0.0816. The van der Waals surface area contributed by atoms with Gasteiger partial charge in [0.05, 0.1) is 19.3 Å². The minimum Gasteiger partial charge on any atom is -0.497 e. The molecule has 0 aromatic heterocycles. The molecule has 4 saturated heterocycles. The maximum absolute atomic E-state index is 12.9. The van der Waals surface area contributed by atoms with Crippen LogP contribution in [0.4, 0.5) is 0 Å². The number of ether oxygens (including phenoxy) is 2. The van der Waals surface area contributed by atoms with E-state index in [0.717, 1.165) is 25.4 Å². The van der Waals surface area contributed by atoms with Crippen molar-refractivity contribution in [2.75, 3.05) is 33.4 Å². The Hall–Kier alpha value is -1.59. The van der Waals surface area contributed by atoms with Gasteiger partial charge in [-0.3, -0.25) is 9.69 Å². The predicted molar refractivity (Wildman–Crippen MR) is 100 cm³/mol. The fraction of sp³-hybridized carbons (Fsp3) is 0.667. The molecule has 0 saturated carbocycles. The number of fused-ring (bicyclic) bond motifs is 2. The van der Waals surface area contributed by atoms with Gasteiger partial charge in [0, 0.05) is 18.5 Å². The first-order chi connectivity index (χ1) is 12.6. The third kappa shape index (κ3) is 3.12. The van der Waals surface area contributed by atoms with E-state index < -0.39 is 0 Å². The first-order valence-corrected chi connectivity index (χ1v) is 9.87. The second-order valence-electron chi connectivity index (χ2n) is 8.14.